The second-order valence-corrected chi connectivity index (χ2v) is 8.59. The van der Waals surface area contributed by atoms with Gasteiger partial charge in [-0.25, -0.2) is 4.79 Å². The van der Waals surface area contributed by atoms with Gasteiger partial charge in [0, 0.05) is 24.7 Å². The first kappa shape index (κ1) is 22.1. The lowest BCUT2D eigenvalue weighted by Crippen LogP contribution is -2.41. The molecule has 166 valence electrons. The zero-order valence-corrected chi connectivity index (χ0v) is 19.4. The first-order chi connectivity index (χ1) is 16.0. The van der Waals surface area contributed by atoms with E-state index in [-0.39, 0.29) is 5.56 Å². The summed E-state index contributed by atoms with van der Waals surface area (Å²) in [4.78, 5) is 33.1. The lowest BCUT2D eigenvalue weighted by Gasteiger charge is -2.27. The highest BCUT2D eigenvalue weighted by Gasteiger charge is 2.25. The van der Waals surface area contributed by atoms with Crippen LogP contribution in [0.25, 0.3) is 10.4 Å². The SMILES string of the molecule is Cc1ccc(N(Cc2cccs2)c2c(C#[N+][N-]c3ccccc3)c(=O)n(C)c(=O)n2C)cc1. The van der Waals surface area contributed by atoms with E-state index in [1.54, 1.807) is 30.5 Å². The van der Waals surface area contributed by atoms with E-state index in [1.807, 2.05) is 71.8 Å². The van der Waals surface area contributed by atoms with E-state index in [9.17, 15) is 9.59 Å². The van der Waals surface area contributed by atoms with Crippen molar-refractivity contribution in [2.24, 2.45) is 14.1 Å². The largest absolute Gasteiger partial charge is 0.332 e. The molecule has 0 saturated carbocycles. The summed E-state index contributed by atoms with van der Waals surface area (Å²) in [5.74, 6) is 0.410. The summed E-state index contributed by atoms with van der Waals surface area (Å²) in [6, 6.07) is 23.9. The molecule has 0 fully saturated rings. The predicted octanol–water partition coefficient (Wildman–Crippen LogP) is 5.09. The van der Waals surface area contributed by atoms with Gasteiger partial charge < -0.3 is 4.90 Å². The van der Waals surface area contributed by atoms with Gasteiger partial charge in [-0.1, -0.05) is 64.7 Å². The fraction of sp³-hybridized carbons (Fsp3) is 0.160. The third-order valence-electron chi connectivity index (χ3n) is 5.21. The molecule has 0 saturated heterocycles. The van der Waals surface area contributed by atoms with Gasteiger partial charge in [-0.2, -0.15) is 0 Å². The number of anilines is 2. The van der Waals surface area contributed by atoms with E-state index >= 15 is 0 Å². The van der Waals surface area contributed by atoms with Crippen LogP contribution in [0.1, 0.15) is 16.0 Å². The Morgan fingerprint density at radius 3 is 2.36 bits per heavy atom. The van der Waals surface area contributed by atoms with Crippen molar-refractivity contribution in [3.8, 4) is 6.07 Å². The molecule has 0 radical (unpaired) electrons. The Bertz CT molecular complexity index is 1430. The van der Waals surface area contributed by atoms with E-state index in [4.69, 9.17) is 0 Å². The van der Waals surface area contributed by atoms with Gasteiger partial charge in [-0.15, -0.1) is 11.3 Å². The third-order valence-corrected chi connectivity index (χ3v) is 6.07. The van der Waals surface area contributed by atoms with Crippen LogP contribution in [0, 0.1) is 13.0 Å². The van der Waals surface area contributed by atoms with Gasteiger partial charge in [0.25, 0.3) is 5.56 Å². The number of nitrogens with zero attached hydrogens (tertiary/aromatic N) is 5. The summed E-state index contributed by atoms with van der Waals surface area (Å²) in [6.45, 7) is 2.49. The monoisotopic (exact) mass is 457 g/mol. The fourth-order valence-corrected chi connectivity index (χ4v) is 4.14. The van der Waals surface area contributed by atoms with Crippen LogP contribution < -0.4 is 16.1 Å². The highest BCUT2D eigenvalue weighted by molar-refractivity contribution is 7.09. The molecule has 2 heterocycles. The average molecular weight is 458 g/mol. The number of aryl methyl sites for hydroxylation is 1. The minimum Gasteiger partial charge on any atom is -0.321 e. The summed E-state index contributed by atoms with van der Waals surface area (Å²) >= 11 is 1.61. The standard InChI is InChI=1S/C25H23N5O2S/c1-18-11-13-20(14-12-18)30(17-21-10-7-15-33-21)23-22(24(31)29(3)25(32)28(23)2)16-26-27-19-8-5-4-6-9-19/h4-15H,17H2,1-3H3. The molecule has 0 atom stereocenters. The van der Waals surface area contributed by atoms with Gasteiger partial charge >= 0.3 is 11.8 Å². The van der Waals surface area contributed by atoms with Crippen molar-refractivity contribution in [3.05, 3.63) is 119 Å². The van der Waals surface area contributed by atoms with Crippen molar-refractivity contribution < 1.29 is 0 Å². The average Bonchev–Trinajstić information content (AvgIpc) is 3.34. The summed E-state index contributed by atoms with van der Waals surface area (Å²) < 4.78 is 2.51. The maximum atomic E-state index is 13.2. The van der Waals surface area contributed by atoms with Gasteiger partial charge in [0.2, 0.25) is 5.56 Å². The molecule has 0 unspecified atom stereocenters. The highest BCUT2D eigenvalue weighted by Crippen LogP contribution is 2.30. The lowest BCUT2D eigenvalue weighted by molar-refractivity contribution is 0.674. The van der Waals surface area contributed by atoms with Crippen LogP contribution in [0.4, 0.5) is 17.2 Å². The van der Waals surface area contributed by atoms with Crippen molar-refractivity contribution in [2.45, 2.75) is 13.5 Å². The maximum Gasteiger partial charge on any atom is 0.332 e. The van der Waals surface area contributed by atoms with E-state index < -0.39 is 11.2 Å². The van der Waals surface area contributed by atoms with E-state index in [0.29, 0.717) is 18.1 Å². The van der Waals surface area contributed by atoms with Crippen molar-refractivity contribution in [3.63, 3.8) is 0 Å². The Morgan fingerprint density at radius 1 is 0.970 bits per heavy atom. The molecule has 8 heteroatoms. The van der Waals surface area contributed by atoms with E-state index in [1.165, 1.54) is 11.6 Å². The van der Waals surface area contributed by atoms with Crippen molar-refractivity contribution in [1.82, 2.24) is 9.13 Å². The lowest BCUT2D eigenvalue weighted by atomic mass is 10.2. The van der Waals surface area contributed by atoms with Gasteiger partial charge in [0.05, 0.1) is 6.54 Å². The molecule has 4 rings (SSSR count). The second-order valence-electron chi connectivity index (χ2n) is 7.55. The van der Waals surface area contributed by atoms with Crippen molar-refractivity contribution >= 4 is 28.5 Å². The van der Waals surface area contributed by atoms with Crippen LogP contribution in [0.5, 0.6) is 0 Å². The summed E-state index contributed by atoms with van der Waals surface area (Å²) in [6.07, 6.45) is 0. The maximum absolute atomic E-state index is 13.2. The van der Waals surface area contributed by atoms with Crippen molar-refractivity contribution in [1.29, 1.82) is 0 Å². The fourth-order valence-electron chi connectivity index (χ4n) is 3.45. The first-order valence-corrected chi connectivity index (χ1v) is 11.2. The molecule has 0 aliphatic heterocycles. The van der Waals surface area contributed by atoms with Gasteiger partial charge in [0.15, 0.2) is 0 Å². The molecule has 0 N–H and O–H groups in total. The number of hydrogen-bond donors (Lipinski definition) is 0. The van der Waals surface area contributed by atoms with Crippen LogP contribution in [0.3, 0.4) is 0 Å². The van der Waals surface area contributed by atoms with Crippen molar-refractivity contribution in [2.75, 3.05) is 4.90 Å². The molecule has 2 aromatic heterocycles. The summed E-state index contributed by atoms with van der Waals surface area (Å²) in [5.41, 5.74) is 6.00. The van der Waals surface area contributed by atoms with E-state index in [2.05, 4.69) is 16.4 Å². The highest BCUT2D eigenvalue weighted by atomic mass is 32.1. The van der Waals surface area contributed by atoms with Crippen LogP contribution in [0.2, 0.25) is 0 Å². The predicted molar refractivity (Wildman–Crippen MR) is 134 cm³/mol. The molecule has 4 aromatic rings. The smallest absolute Gasteiger partial charge is 0.321 e. The Kier molecular flexibility index (Phi) is 6.43. The molecular weight excluding hydrogens is 434 g/mol. The minimum atomic E-state index is -0.483. The Balaban J connectivity index is 1.89. The van der Waals surface area contributed by atoms with Crippen LogP contribution in [-0.4, -0.2) is 9.13 Å². The molecule has 0 aliphatic rings. The number of rotatable bonds is 5. The van der Waals surface area contributed by atoms with Gasteiger partial charge in [0.1, 0.15) is 5.82 Å². The number of aromatic nitrogens is 2. The first-order valence-electron chi connectivity index (χ1n) is 10.3. The molecule has 0 bridgehead atoms. The number of hydrogen-bond acceptors (Lipinski definition) is 4. The molecule has 7 nitrogen and oxygen atoms in total. The van der Waals surface area contributed by atoms with Crippen LogP contribution in [-0.2, 0) is 20.6 Å². The normalized spacial score (nSPS) is 10.4. The van der Waals surface area contributed by atoms with Gasteiger partial charge in [-0.3, -0.25) is 19.4 Å². The molecule has 0 aliphatic carbocycles. The molecule has 0 spiro atoms. The number of benzene rings is 2. The van der Waals surface area contributed by atoms with E-state index in [0.717, 1.165) is 20.7 Å². The summed E-state index contributed by atoms with van der Waals surface area (Å²) in [5, 5.41) is 2.00. The Hall–Kier alpha value is -4.09. The van der Waals surface area contributed by atoms with Crippen LogP contribution in [0.15, 0.2) is 81.7 Å². The minimum absolute atomic E-state index is 0.163. The Morgan fingerprint density at radius 2 is 1.70 bits per heavy atom. The second kappa shape index (κ2) is 9.59. The molecular formula is C25H23N5O2S. The zero-order chi connectivity index (χ0) is 23.4. The number of thiophene rings is 1. The van der Waals surface area contributed by atoms with Crippen LogP contribution >= 0.6 is 11.3 Å². The molecule has 2 aromatic carbocycles. The topological polar surface area (TPSA) is 65.7 Å². The Labute approximate surface area is 195 Å². The van der Waals surface area contributed by atoms with Gasteiger partial charge in [-0.05, 0) is 30.5 Å². The molecule has 33 heavy (non-hydrogen) atoms. The third kappa shape index (κ3) is 4.73. The summed E-state index contributed by atoms with van der Waals surface area (Å²) in [7, 11) is 3.09. The zero-order valence-electron chi connectivity index (χ0n) is 18.6. The molecule has 0 amide bonds. The quantitative estimate of drug-likeness (QED) is 0.392.